The molecule has 0 bridgehead atoms. The molecule has 3 heterocycles. The minimum Gasteiger partial charge on any atom is -0.335 e. The number of pyridine rings is 1. The molecule has 29 heavy (non-hydrogen) atoms. The van der Waals surface area contributed by atoms with Crippen molar-refractivity contribution < 1.29 is 9.59 Å². The highest BCUT2D eigenvalue weighted by molar-refractivity contribution is 7.19. The van der Waals surface area contributed by atoms with Crippen LogP contribution in [0.5, 0.6) is 0 Å². The first kappa shape index (κ1) is 19.3. The number of fused-ring (bicyclic) bond motifs is 2. The molecule has 2 aromatic heterocycles. The fourth-order valence-corrected chi connectivity index (χ4v) is 4.92. The third-order valence-corrected chi connectivity index (χ3v) is 6.92. The van der Waals surface area contributed by atoms with E-state index >= 15 is 0 Å². The van der Waals surface area contributed by atoms with E-state index in [2.05, 4.69) is 36.3 Å². The summed E-state index contributed by atoms with van der Waals surface area (Å²) in [5.74, 6) is 0.562. The van der Waals surface area contributed by atoms with Gasteiger partial charge in [-0.3, -0.25) is 9.59 Å². The number of hydrogen-bond acceptors (Lipinski definition) is 4. The average Bonchev–Trinajstić information content (AvgIpc) is 3.07. The average molecular weight is 406 g/mol. The Morgan fingerprint density at radius 3 is 2.90 bits per heavy atom. The molecule has 0 saturated heterocycles. The van der Waals surface area contributed by atoms with E-state index in [1.165, 1.54) is 20.5 Å². The maximum absolute atomic E-state index is 12.8. The number of carbonyl (C=O) groups excluding carboxylic acids is 2. The van der Waals surface area contributed by atoms with Crippen molar-refractivity contribution in [3.8, 4) is 0 Å². The number of nitrogens with zero attached hydrogens (tertiary/aromatic N) is 2. The van der Waals surface area contributed by atoms with Gasteiger partial charge in [-0.2, -0.15) is 0 Å². The van der Waals surface area contributed by atoms with Crippen LogP contribution in [0.15, 0.2) is 42.6 Å². The summed E-state index contributed by atoms with van der Waals surface area (Å²) >= 11 is 1.75. The minimum atomic E-state index is -0.0552. The molecule has 0 unspecified atom stereocenters. The van der Waals surface area contributed by atoms with Crippen LogP contribution < -0.4 is 5.32 Å². The lowest BCUT2D eigenvalue weighted by Crippen LogP contribution is -2.27. The number of amides is 2. The highest BCUT2D eigenvalue weighted by Gasteiger charge is 2.21. The van der Waals surface area contributed by atoms with E-state index < -0.39 is 0 Å². The van der Waals surface area contributed by atoms with Crippen LogP contribution in [-0.2, 0) is 16.0 Å². The number of carbonyl (C=O) groups is 2. The molecule has 1 aromatic carbocycles. The molecule has 0 spiro atoms. The number of aryl methyl sites for hydroxylation is 2. The number of aromatic nitrogens is 1. The summed E-state index contributed by atoms with van der Waals surface area (Å²) in [6.45, 7) is 4.18. The quantitative estimate of drug-likeness (QED) is 0.639. The zero-order chi connectivity index (χ0) is 20.5. The van der Waals surface area contributed by atoms with Gasteiger partial charge in [0.2, 0.25) is 11.8 Å². The van der Waals surface area contributed by atoms with Gasteiger partial charge in [0.25, 0.3) is 0 Å². The first-order valence-electron chi connectivity index (χ1n) is 9.65. The number of likely N-dealkylation sites (N-methyl/N-ethyl adjacent to an activating group) is 1. The van der Waals surface area contributed by atoms with Crippen molar-refractivity contribution in [1.82, 2.24) is 9.88 Å². The van der Waals surface area contributed by atoms with Gasteiger partial charge in [0.1, 0.15) is 5.82 Å². The van der Waals surface area contributed by atoms with Crippen LogP contribution >= 0.6 is 11.3 Å². The largest absolute Gasteiger partial charge is 0.335 e. The van der Waals surface area contributed by atoms with Crippen LogP contribution in [0.1, 0.15) is 41.0 Å². The highest BCUT2D eigenvalue weighted by atomic mass is 32.1. The molecule has 1 atom stereocenters. The molecule has 1 aliphatic heterocycles. The topological polar surface area (TPSA) is 62.3 Å². The van der Waals surface area contributed by atoms with E-state index in [0.29, 0.717) is 18.7 Å². The van der Waals surface area contributed by atoms with Crippen LogP contribution in [0.25, 0.3) is 16.2 Å². The van der Waals surface area contributed by atoms with Crippen molar-refractivity contribution in [2.24, 2.45) is 0 Å². The minimum absolute atomic E-state index is 0.00406. The van der Waals surface area contributed by atoms with Gasteiger partial charge < -0.3 is 10.2 Å². The molecule has 0 saturated carbocycles. The van der Waals surface area contributed by atoms with Crippen LogP contribution in [0, 0.1) is 6.92 Å². The van der Waals surface area contributed by atoms with Crippen molar-refractivity contribution in [2.75, 3.05) is 12.4 Å². The van der Waals surface area contributed by atoms with Crippen molar-refractivity contribution >= 4 is 45.1 Å². The summed E-state index contributed by atoms with van der Waals surface area (Å²) in [6.07, 6.45) is 6.19. The molecule has 148 valence electrons. The van der Waals surface area contributed by atoms with Crippen LogP contribution in [0.3, 0.4) is 0 Å². The summed E-state index contributed by atoms with van der Waals surface area (Å²) in [7, 11) is 1.84. The lowest BCUT2D eigenvalue weighted by atomic mass is 10.0. The molecule has 3 aromatic rings. The Morgan fingerprint density at radius 1 is 1.31 bits per heavy atom. The van der Waals surface area contributed by atoms with Crippen molar-refractivity contribution in [2.45, 2.75) is 32.7 Å². The lowest BCUT2D eigenvalue weighted by molar-refractivity contribution is -0.126. The fraction of sp³-hybridized carbons (Fsp3) is 0.261. The fourth-order valence-electron chi connectivity index (χ4n) is 3.61. The SMILES string of the molecule is Cc1c([C@@H](C)N(C)C(=O)/C=C/c2cnc3c(c2)CCC(=O)N3)sc2ccccc12. The highest BCUT2D eigenvalue weighted by Crippen LogP contribution is 2.36. The first-order valence-corrected chi connectivity index (χ1v) is 10.5. The monoisotopic (exact) mass is 405 g/mol. The summed E-state index contributed by atoms with van der Waals surface area (Å²) in [5.41, 5.74) is 3.09. The van der Waals surface area contributed by atoms with Crippen molar-refractivity contribution in [1.29, 1.82) is 0 Å². The molecule has 0 aliphatic carbocycles. The standard InChI is InChI=1S/C23H23N3O2S/c1-14-18-6-4-5-7-19(18)29-22(14)15(2)26(3)21(28)11-8-16-12-17-9-10-20(27)25-23(17)24-13-16/h4-8,11-13,15H,9-10H2,1-3H3,(H,24,25,27)/b11-8+/t15-/m1/s1. The molecule has 1 N–H and O–H groups in total. The van der Waals surface area contributed by atoms with Gasteiger partial charge in [0, 0.05) is 35.3 Å². The molecular formula is C23H23N3O2S. The zero-order valence-electron chi connectivity index (χ0n) is 16.7. The molecule has 1 aliphatic rings. The Hall–Kier alpha value is -2.99. The van der Waals surface area contributed by atoms with E-state index in [9.17, 15) is 9.59 Å². The van der Waals surface area contributed by atoms with E-state index in [0.717, 1.165) is 11.1 Å². The number of hydrogen-bond donors (Lipinski definition) is 1. The Balaban J connectivity index is 1.50. The van der Waals surface area contributed by atoms with Crippen LogP contribution in [0.4, 0.5) is 5.82 Å². The molecule has 0 fully saturated rings. The van der Waals surface area contributed by atoms with Crippen LogP contribution in [-0.4, -0.2) is 28.7 Å². The van der Waals surface area contributed by atoms with Gasteiger partial charge in [-0.1, -0.05) is 18.2 Å². The summed E-state index contributed by atoms with van der Waals surface area (Å²) in [5, 5.41) is 4.02. The predicted octanol–water partition coefficient (Wildman–Crippen LogP) is 4.72. The molecule has 2 amide bonds. The Kier molecular flexibility index (Phi) is 5.20. The molecule has 6 heteroatoms. The number of rotatable bonds is 4. The first-order chi connectivity index (χ1) is 13.9. The van der Waals surface area contributed by atoms with Gasteiger partial charge in [-0.25, -0.2) is 4.98 Å². The second-order valence-corrected chi connectivity index (χ2v) is 8.45. The molecule has 0 radical (unpaired) electrons. The Labute approximate surface area is 174 Å². The maximum atomic E-state index is 12.8. The third-order valence-electron chi connectivity index (χ3n) is 5.47. The number of thiophene rings is 1. The molecule has 5 nitrogen and oxygen atoms in total. The van der Waals surface area contributed by atoms with E-state index in [4.69, 9.17) is 0 Å². The molecule has 4 rings (SSSR count). The summed E-state index contributed by atoms with van der Waals surface area (Å²) in [4.78, 5) is 31.5. The Bertz CT molecular complexity index is 1130. The summed E-state index contributed by atoms with van der Waals surface area (Å²) in [6, 6.07) is 10.3. The van der Waals surface area contributed by atoms with Gasteiger partial charge in [-0.15, -0.1) is 11.3 Å². The van der Waals surface area contributed by atoms with E-state index in [1.54, 1.807) is 34.6 Å². The van der Waals surface area contributed by atoms with Gasteiger partial charge in [-0.05, 0) is 60.6 Å². The maximum Gasteiger partial charge on any atom is 0.246 e. The lowest BCUT2D eigenvalue weighted by Gasteiger charge is -2.23. The Morgan fingerprint density at radius 2 is 2.10 bits per heavy atom. The number of nitrogens with one attached hydrogen (secondary N) is 1. The van der Waals surface area contributed by atoms with Gasteiger partial charge in [0.15, 0.2) is 0 Å². The number of benzene rings is 1. The molecular weight excluding hydrogens is 382 g/mol. The summed E-state index contributed by atoms with van der Waals surface area (Å²) < 4.78 is 1.25. The third kappa shape index (κ3) is 3.80. The van der Waals surface area contributed by atoms with Gasteiger partial charge in [0.05, 0.1) is 6.04 Å². The smallest absolute Gasteiger partial charge is 0.246 e. The second-order valence-electron chi connectivity index (χ2n) is 7.37. The van der Waals surface area contributed by atoms with Gasteiger partial charge >= 0.3 is 0 Å². The van der Waals surface area contributed by atoms with Crippen molar-refractivity contribution in [3.63, 3.8) is 0 Å². The second kappa shape index (κ2) is 7.79. The predicted molar refractivity (Wildman–Crippen MR) is 118 cm³/mol. The van der Waals surface area contributed by atoms with E-state index in [1.807, 2.05) is 25.2 Å². The zero-order valence-corrected chi connectivity index (χ0v) is 17.5. The van der Waals surface area contributed by atoms with E-state index in [-0.39, 0.29) is 17.9 Å². The van der Waals surface area contributed by atoms with Crippen LogP contribution in [0.2, 0.25) is 0 Å². The number of anilines is 1. The van der Waals surface area contributed by atoms with Crippen molar-refractivity contribution in [3.05, 3.63) is 64.2 Å². The normalized spacial score (nSPS) is 14.7.